The Balaban J connectivity index is 1.93. The van der Waals surface area contributed by atoms with E-state index in [1.165, 1.54) is 12.3 Å². The van der Waals surface area contributed by atoms with Crippen molar-refractivity contribution in [3.8, 4) is 0 Å². The lowest BCUT2D eigenvalue weighted by molar-refractivity contribution is 0.548. The lowest BCUT2D eigenvalue weighted by Crippen LogP contribution is -2.38. The third kappa shape index (κ3) is 2.58. The molecule has 1 aliphatic rings. The van der Waals surface area contributed by atoms with Crippen molar-refractivity contribution in [3.05, 3.63) is 18.5 Å². The molecule has 1 atom stereocenters. The molecule has 0 amide bonds. The molecule has 0 aromatic carbocycles. The zero-order valence-electron chi connectivity index (χ0n) is 8.31. The van der Waals surface area contributed by atoms with Gasteiger partial charge in [0.25, 0.3) is 0 Å². The quantitative estimate of drug-likeness (QED) is 0.665. The largest absolute Gasteiger partial charge is 0.366 e. The number of aromatic nitrogens is 1. The monoisotopic (exact) mass is 229 g/mol. The highest BCUT2D eigenvalue weighted by Gasteiger charge is 2.29. The number of H-pyrrole nitrogens is 1. The second-order valence-electron chi connectivity index (χ2n) is 3.90. The Kier molecular flexibility index (Phi) is 2.81. The molecule has 1 saturated carbocycles. The summed E-state index contributed by atoms with van der Waals surface area (Å²) in [6, 6.07) is 1.46. The van der Waals surface area contributed by atoms with Crippen LogP contribution < -0.4 is 10.5 Å². The first-order valence-electron chi connectivity index (χ1n) is 4.97. The first-order valence-corrected chi connectivity index (χ1v) is 6.46. The lowest BCUT2D eigenvalue weighted by Gasteiger charge is -2.10. The van der Waals surface area contributed by atoms with E-state index in [0.29, 0.717) is 12.5 Å². The van der Waals surface area contributed by atoms with Gasteiger partial charge in [-0.05, 0) is 24.8 Å². The van der Waals surface area contributed by atoms with Crippen LogP contribution >= 0.6 is 0 Å². The number of nitrogens with one attached hydrogen (secondary N) is 2. The van der Waals surface area contributed by atoms with E-state index in [2.05, 4.69) is 9.71 Å². The molecule has 15 heavy (non-hydrogen) atoms. The van der Waals surface area contributed by atoms with Crippen molar-refractivity contribution in [3.63, 3.8) is 0 Å². The number of aromatic amines is 1. The maximum Gasteiger partial charge on any atom is 0.242 e. The zero-order chi connectivity index (χ0) is 10.9. The standard InChI is InChI=1S/C9H15N3O2S/c10-9(7-1-2-7)6-12-15(13,14)8-3-4-11-5-8/h3-5,7,9,11-12H,1-2,6,10H2. The Morgan fingerprint density at radius 2 is 2.33 bits per heavy atom. The van der Waals surface area contributed by atoms with Crippen molar-refractivity contribution in [1.82, 2.24) is 9.71 Å². The summed E-state index contributed by atoms with van der Waals surface area (Å²) in [5.74, 6) is 0.499. The van der Waals surface area contributed by atoms with Crippen LogP contribution in [0.5, 0.6) is 0 Å². The third-order valence-electron chi connectivity index (χ3n) is 2.62. The van der Waals surface area contributed by atoms with Crippen LogP contribution in [0.4, 0.5) is 0 Å². The van der Waals surface area contributed by atoms with Crippen LogP contribution in [0.25, 0.3) is 0 Å². The van der Waals surface area contributed by atoms with Crippen LogP contribution in [-0.2, 0) is 10.0 Å². The van der Waals surface area contributed by atoms with Gasteiger partial charge < -0.3 is 10.7 Å². The SMILES string of the molecule is NC(CNS(=O)(=O)c1cc[nH]c1)C1CC1. The highest BCUT2D eigenvalue weighted by Crippen LogP contribution is 2.31. The topological polar surface area (TPSA) is 88.0 Å². The van der Waals surface area contributed by atoms with Crippen LogP contribution in [0.15, 0.2) is 23.4 Å². The Labute approximate surface area is 89.1 Å². The zero-order valence-corrected chi connectivity index (χ0v) is 9.13. The third-order valence-corrected chi connectivity index (χ3v) is 4.04. The molecule has 0 aliphatic heterocycles. The molecule has 0 spiro atoms. The number of hydrogen-bond acceptors (Lipinski definition) is 3. The van der Waals surface area contributed by atoms with E-state index in [0.717, 1.165) is 12.8 Å². The number of hydrogen-bond donors (Lipinski definition) is 3. The minimum absolute atomic E-state index is 0.0567. The van der Waals surface area contributed by atoms with Gasteiger partial charge in [-0.1, -0.05) is 0 Å². The van der Waals surface area contributed by atoms with Crippen molar-refractivity contribution in [2.75, 3.05) is 6.54 Å². The van der Waals surface area contributed by atoms with Gasteiger partial charge in [-0.2, -0.15) is 0 Å². The summed E-state index contributed by atoms with van der Waals surface area (Å²) in [7, 11) is -3.38. The molecule has 1 unspecified atom stereocenters. The van der Waals surface area contributed by atoms with Crippen molar-refractivity contribution in [2.24, 2.45) is 11.7 Å². The van der Waals surface area contributed by atoms with E-state index in [-0.39, 0.29) is 10.9 Å². The molecule has 1 aromatic heterocycles. The fourth-order valence-corrected chi connectivity index (χ4v) is 2.50. The fraction of sp³-hybridized carbons (Fsp3) is 0.556. The van der Waals surface area contributed by atoms with Gasteiger partial charge in [-0.25, -0.2) is 13.1 Å². The van der Waals surface area contributed by atoms with Crippen molar-refractivity contribution in [1.29, 1.82) is 0 Å². The minimum Gasteiger partial charge on any atom is -0.366 e. The molecule has 4 N–H and O–H groups in total. The van der Waals surface area contributed by atoms with Gasteiger partial charge in [-0.3, -0.25) is 0 Å². The van der Waals surface area contributed by atoms with Gasteiger partial charge in [0.1, 0.15) is 0 Å². The number of rotatable bonds is 5. The van der Waals surface area contributed by atoms with E-state index < -0.39 is 10.0 Å². The molecule has 1 fully saturated rings. The summed E-state index contributed by atoms with van der Waals surface area (Å²) in [6.45, 7) is 0.318. The predicted molar refractivity (Wildman–Crippen MR) is 56.7 cm³/mol. The summed E-state index contributed by atoms with van der Waals surface area (Å²) in [4.78, 5) is 2.96. The van der Waals surface area contributed by atoms with E-state index in [1.54, 1.807) is 6.20 Å². The van der Waals surface area contributed by atoms with Crippen molar-refractivity contribution in [2.45, 2.75) is 23.8 Å². The van der Waals surface area contributed by atoms with Crippen LogP contribution in [0.2, 0.25) is 0 Å². The number of nitrogens with two attached hydrogens (primary N) is 1. The Bertz CT molecular complexity index is 409. The smallest absolute Gasteiger partial charge is 0.242 e. The first kappa shape index (κ1) is 10.7. The summed E-state index contributed by atoms with van der Waals surface area (Å²) in [6.07, 6.45) is 5.26. The summed E-state index contributed by atoms with van der Waals surface area (Å²) < 4.78 is 25.8. The molecule has 84 valence electrons. The molecule has 0 radical (unpaired) electrons. The molecular weight excluding hydrogens is 214 g/mol. The molecule has 1 aliphatic carbocycles. The highest BCUT2D eigenvalue weighted by atomic mass is 32.2. The fourth-order valence-electron chi connectivity index (χ4n) is 1.46. The van der Waals surface area contributed by atoms with Gasteiger partial charge in [0, 0.05) is 25.0 Å². The molecule has 5 nitrogen and oxygen atoms in total. The van der Waals surface area contributed by atoms with Crippen LogP contribution in [0, 0.1) is 5.92 Å². The van der Waals surface area contributed by atoms with E-state index in [9.17, 15) is 8.42 Å². The van der Waals surface area contributed by atoms with Gasteiger partial charge in [-0.15, -0.1) is 0 Å². The molecule has 0 saturated heterocycles. The van der Waals surface area contributed by atoms with E-state index >= 15 is 0 Å². The average Bonchev–Trinajstić information content (AvgIpc) is 2.89. The van der Waals surface area contributed by atoms with Gasteiger partial charge >= 0.3 is 0 Å². The molecule has 1 heterocycles. The lowest BCUT2D eigenvalue weighted by atomic mass is 10.2. The average molecular weight is 229 g/mol. The van der Waals surface area contributed by atoms with Gasteiger partial charge in [0.05, 0.1) is 4.90 Å². The molecule has 6 heteroatoms. The summed E-state index contributed by atoms with van der Waals surface area (Å²) in [5, 5.41) is 0. The Hall–Kier alpha value is -0.850. The van der Waals surface area contributed by atoms with Crippen molar-refractivity contribution < 1.29 is 8.42 Å². The minimum atomic E-state index is -3.38. The molecule has 1 aromatic rings. The van der Waals surface area contributed by atoms with Crippen LogP contribution in [-0.4, -0.2) is 26.0 Å². The maximum atomic E-state index is 11.7. The first-order chi connectivity index (χ1) is 7.09. The van der Waals surface area contributed by atoms with Gasteiger partial charge in [0.2, 0.25) is 10.0 Å². The maximum absolute atomic E-state index is 11.7. The number of sulfonamides is 1. The highest BCUT2D eigenvalue weighted by molar-refractivity contribution is 7.89. The second-order valence-corrected chi connectivity index (χ2v) is 5.67. The van der Waals surface area contributed by atoms with E-state index in [1.807, 2.05) is 0 Å². The van der Waals surface area contributed by atoms with Crippen LogP contribution in [0.3, 0.4) is 0 Å². The summed E-state index contributed by atoms with van der Waals surface area (Å²) in [5.41, 5.74) is 5.80. The molecule has 0 bridgehead atoms. The Morgan fingerprint density at radius 3 is 2.87 bits per heavy atom. The van der Waals surface area contributed by atoms with E-state index in [4.69, 9.17) is 5.73 Å². The molecule has 2 rings (SSSR count). The normalized spacial score (nSPS) is 19.0. The van der Waals surface area contributed by atoms with Gasteiger partial charge in [0.15, 0.2) is 0 Å². The summed E-state index contributed by atoms with van der Waals surface area (Å²) >= 11 is 0. The molecular formula is C9H15N3O2S. The van der Waals surface area contributed by atoms with Crippen molar-refractivity contribution >= 4 is 10.0 Å². The Morgan fingerprint density at radius 1 is 1.60 bits per heavy atom. The van der Waals surface area contributed by atoms with Crippen LogP contribution in [0.1, 0.15) is 12.8 Å². The predicted octanol–water partition coefficient (Wildman–Crippen LogP) is 0.0303. The second kappa shape index (κ2) is 3.96.